The summed E-state index contributed by atoms with van der Waals surface area (Å²) in [4.78, 5) is 0. The molecule has 0 saturated heterocycles. The quantitative estimate of drug-likeness (QED) is 0.841. The van der Waals surface area contributed by atoms with E-state index in [-0.39, 0.29) is 5.75 Å². The molecule has 0 bridgehead atoms. The normalized spacial score (nSPS) is 10.6. The second-order valence-corrected chi connectivity index (χ2v) is 4.94. The summed E-state index contributed by atoms with van der Waals surface area (Å²) < 4.78 is 19.0. The highest BCUT2D eigenvalue weighted by Gasteiger charge is 2.05. The Morgan fingerprint density at radius 2 is 1.79 bits per heavy atom. The molecule has 2 aromatic rings. The Kier molecular flexibility index (Phi) is 4.27. The first-order valence-corrected chi connectivity index (χ1v) is 6.42. The van der Waals surface area contributed by atoms with Gasteiger partial charge in [-0.3, -0.25) is 0 Å². The minimum Gasteiger partial charge on any atom is -0.454 e. The molecular formula is C15H15ClFNO. The topological polar surface area (TPSA) is 21.3 Å². The maximum Gasteiger partial charge on any atom is 0.165 e. The van der Waals surface area contributed by atoms with Crippen LogP contribution in [0, 0.1) is 5.82 Å². The second-order valence-electron chi connectivity index (χ2n) is 4.50. The van der Waals surface area contributed by atoms with Crippen LogP contribution in [0.1, 0.15) is 13.8 Å². The van der Waals surface area contributed by atoms with Crippen molar-refractivity contribution in [1.82, 2.24) is 0 Å². The summed E-state index contributed by atoms with van der Waals surface area (Å²) in [6.45, 7) is 4.12. The molecule has 0 aliphatic carbocycles. The number of halogens is 2. The Morgan fingerprint density at radius 3 is 2.42 bits per heavy atom. The molecule has 4 heteroatoms. The number of rotatable bonds is 4. The van der Waals surface area contributed by atoms with E-state index in [1.54, 1.807) is 12.1 Å². The molecule has 2 nitrogen and oxygen atoms in total. The molecule has 19 heavy (non-hydrogen) atoms. The molecule has 0 aliphatic rings. The molecule has 0 spiro atoms. The van der Waals surface area contributed by atoms with Crippen molar-refractivity contribution in [2.24, 2.45) is 0 Å². The van der Waals surface area contributed by atoms with E-state index >= 15 is 0 Å². The molecular weight excluding hydrogens is 265 g/mol. The number of ether oxygens (including phenoxy) is 1. The number of benzene rings is 2. The summed E-state index contributed by atoms with van der Waals surface area (Å²) in [5.41, 5.74) is 0.994. The maximum atomic E-state index is 13.5. The van der Waals surface area contributed by atoms with E-state index < -0.39 is 5.82 Å². The number of hydrogen-bond donors (Lipinski definition) is 1. The average molecular weight is 280 g/mol. The Hall–Kier alpha value is -1.74. The van der Waals surface area contributed by atoms with Gasteiger partial charge >= 0.3 is 0 Å². The van der Waals surface area contributed by atoms with Crippen molar-refractivity contribution in [3.05, 3.63) is 53.3 Å². The van der Waals surface area contributed by atoms with Crippen LogP contribution in [-0.2, 0) is 0 Å². The SMILES string of the molecule is CC(C)Nc1ccc(Oc2cc(Cl)ccc2F)cc1. The molecule has 0 heterocycles. The molecule has 0 aliphatic heterocycles. The van der Waals surface area contributed by atoms with Gasteiger partial charge in [0.15, 0.2) is 11.6 Å². The lowest BCUT2D eigenvalue weighted by Crippen LogP contribution is -2.09. The zero-order valence-electron chi connectivity index (χ0n) is 10.8. The minimum absolute atomic E-state index is 0.122. The lowest BCUT2D eigenvalue weighted by Gasteiger charge is -2.11. The van der Waals surface area contributed by atoms with E-state index in [9.17, 15) is 4.39 Å². The fourth-order valence-corrected chi connectivity index (χ4v) is 1.80. The average Bonchev–Trinajstić information content (AvgIpc) is 2.35. The third-order valence-corrected chi connectivity index (χ3v) is 2.67. The largest absolute Gasteiger partial charge is 0.454 e. The van der Waals surface area contributed by atoms with E-state index in [0.717, 1.165) is 5.69 Å². The molecule has 0 unspecified atom stereocenters. The van der Waals surface area contributed by atoms with E-state index in [2.05, 4.69) is 19.2 Å². The van der Waals surface area contributed by atoms with Crippen molar-refractivity contribution in [2.75, 3.05) is 5.32 Å². The van der Waals surface area contributed by atoms with Gasteiger partial charge in [0.1, 0.15) is 5.75 Å². The molecule has 2 rings (SSSR count). The summed E-state index contributed by atoms with van der Waals surface area (Å²) in [6, 6.07) is 11.9. The molecule has 2 aromatic carbocycles. The first-order valence-electron chi connectivity index (χ1n) is 6.04. The molecule has 0 fully saturated rings. The summed E-state index contributed by atoms with van der Waals surface area (Å²) in [6.07, 6.45) is 0. The van der Waals surface area contributed by atoms with E-state index in [1.807, 2.05) is 12.1 Å². The maximum absolute atomic E-state index is 13.5. The molecule has 0 atom stereocenters. The molecule has 0 aromatic heterocycles. The second kappa shape index (κ2) is 5.93. The van der Waals surface area contributed by atoms with Crippen LogP contribution in [-0.4, -0.2) is 6.04 Å². The van der Waals surface area contributed by atoms with E-state index in [0.29, 0.717) is 16.8 Å². The van der Waals surface area contributed by atoms with E-state index in [4.69, 9.17) is 16.3 Å². The van der Waals surface area contributed by atoms with Crippen LogP contribution in [0.15, 0.2) is 42.5 Å². The standard InChI is InChI=1S/C15H15ClFNO/c1-10(2)18-12-4-6-13(7-5-12)19-15-9-11(16)3-8-14(15)17/h3-10,18H,1-2H3. The smallest absolute Gasteiger partial charge is 0.165 e. The highest BCUT2D eigenvalue weighted by Crippen LogP contribution is 2.28. The first kappa shape index (κ1) is 13.7. The van der Waals surface area contributed by atoms with Gasteiger partial charge in [-0.15, -0.1) is 0 Å². The Labute approximate surface area is 117 Å². The summed E-state index contributed by atoms with van der Waals surface area (Å²) in [5, 5.41) is 3.70. The fourth-order valence-electron chi connectivity index (χ4n) is 1.63. The van der Waals surface area contributed by atoms with Crippen molar-refractivity contribution in [3.63, 3.8) is 0 Å². The Balaban J connectivity index is 2.13. The third kappa shape index (κ3) is 3.86. The van der Waals surface area contributed by atoms with Crippen molar-refractivity contribution < 1.29 is 9.13 Å². The summed E-state index contributed by atoms with van der Waals surface area (Å²) >= 11 is 5.81. The van der Waals surface area contributed by atoms with Crippen molar-refractivity contribution >= 4 is 17.3 Å². The van der Waals surface area contributed by atoms with Crippen molar-refractivity contribution in [1.29, 1.82) is 0 Å². The number of hydrogen-bond acceptors (Lipinski definition) is 2. The van der Waals surface area contributed by atoms with Crippen molar-refractivity contribution in [2.45, 2.75) is 19.9 Å². The number of nitrogens with one attached hydrogen (secondary N) is 1. The van der Waals surface area contributed by atoms with Crippen LogP contribution in [0.25, 0.3) is 0 Å². The van der Waals surface area contributed by atoms with Gasteiger partial charge in [-0.1, -0.05) is 11.6 Å². The lowest BCUT2D eigenvalue weighted by molar-refractivity contribution is 0.442. The van der Waals surface area contributed by atoms with Crippen LogP contribution in [0.5, 0.6) is 11.5 Å². The van der Waals surface area contributed by atoms with Crippen LogP contribution < -0.4 is 10.1 Å². The van der Waals surface area contributed by atoms with E-state index in [1.165, 1.54) is 18.2 Å². The Morgan fingerprint density at radius 1 is 1.11 bits per heavy atom. The molecule has 0 amide bonds. The van der Waals surface area contributed by atoms with Gasteiger partial charge in [0.2, 0.25) is 0 Å². The van der Waals surface area contributed by atoms with Gasteiger partial charge in [0.25, 0.3) is 0 Å². The summed E-state index contributed by atoms with van der Waals surface area (Å²) in [5.74, 6) is 0.251. The molecule has 0 radical (unpaired) electrons. The third-order valence-electron chi connectivity index (χ3n) is 2.43. The van der Waals surface area contributed by atoms with Gasteiger partial charge in [-0.25, -0.2) is 4.39 Å². The van der Waals surface area contributed by atoms with Crippen molar-refractivity contribution in [3.8, 4) is 11.5 Å². The highest BCUT2D eigenvalue weighted by atomic mass is 35.5. The monoisotopic (exact) mass is 279 g/mol. The zero-order valence-corrected chi connectivity index (χ0v) is 11.5. The van der Waals surface area contributed by atoms with Gasteiger partial charge in [-0.2, -0.15) is 0 Å². The lowest BCUT2D eigenvalue weighted by atomic mass is 10.2. The van der Waals surface area contributed by atoms with Crippen LogP contribution in [0.2, 0.25) is 5.02 Å². The molecule has 0 saturated carbocycles. The summed E-state index contributed by atoms with van der Waals surface area (Å²) in [7, 11) is 0. The van der Waals surface area contributed by atoms with Gasteiger partial charge < -0.3 is 10.1 Å². The van der Waals surface area contributed by atoms with Crippen LogP contribution >= 0.6 is 11.6 Å². The van der Waals surface area contributed by atoms with Crippen LogP contribution in [0.3, 0.4) is 0 Å². The van der Waals surface area contributed by atoms with Gasteiger partial charge in [0, 0.05) is 22.8 Å². The van der Waals surface area contributed by atoms with Crippen LogP contribution in [0.4, 0.5) is 10.1 Å². The Bertz CT molecular complexity index is 555. The van der Waals surface area contributed by atoms with Gasteiger partial charge in [-0.05, 0) is 50.2 Å². The highest BCUT2D eigenvalue weighted by molar-refractivity contribution is 6.30. The first-order chi connectivity index (χ1) is 9.04. The minimum atomic E-state index is -0.436. The molecule has 100 valence electrons. The predicted octanol–water partition coefficient (Wildman–Crippen LogP) is 5.09. The number of anilines is 1. The predicted molar refractivity (Wildman–Crippen MR) is 76.7 cm³/mol. The molecule has 1 N–H and O–H groups in total. The fraction of sp³-hybridized carbons (Fsp3) is 0.200. The zero-order chi connectivity index (χ0) is 13.8. The van der Waals surface area contributed by atoms with Gasteiger partial charge in [0.05, 0.1) is 0 Å².